The van der Waals surface area contributed by atoms with Crippen LogP contribution in [0.1, 0.15) is 27.0 Å². The van der Waals surface area contributed by atoms with Gasteiger partial charge in [0, 0.05) is 22.2 Å². The molecular weight excluding hydrogens is 533 g/mol. The van der Waals surface area contributed by atoms with Crippen LogP contribution in [-0.4, -0.2) is 21.6 Å². The van der Waals surface area contributed by atoms with Crippen molar-refractivity contribution in [2.45, 2.75) is 19.5 Å². The van der Waals surface area contributed by atoms with Gasteiger partial charge in [0.25, 0.3) is 11.5 Å². The van der Waals surface area contributed by atoms with Gasteiger partial charge in [-0.15, -0.1) is 0 Å². The SMILES string of the molecule is O=C(NCCc1ccc(Cl)cc1)c1ccc(Cn2c(=O)c3ccccc3n(Cc3ccccc3Cl)c2=O)cc1. The Hall–Kier alpha value is -4.13. The van der Waals surface area contributed by atoms with Crippen LogP contribution < -0.4 is 16.6 Å². The quantitative estimate of drug-likeness (QED) is 0.272. The van der Waals surface area contributed by atoms with Crippen molar-refractivity contribution in [2.24, 2.45) is 0 Å². The summed E-state index contributed by atoms with van der Waals surface area (Å²) in [6.07, 6.45) is 0.687. The van der Waals surface area contributed by atoms with Gasteiger partial charge < -0.3 is 5.32 Å². The predicted octanol–water partition coefficient (Wildman–Crippen LogP) is 5.54. The van der Waals surface area contributed by atoms with Gasteiger partial charge in [-0.05, 0) is 65.6 Å². The second-order valence-corrected chi connectivity index (χ2v) is 10.0. The maximum atomic E-state index is 13.6. The van der Waals surface area contributed by atoms with Gasteiger partial charge in [-0.3, -0.25) is 18.7 Å². The van der Waals surface area contributed by atoms with E-state index in [9.17, 15) is 14.4 Å². The van der Waals surface area contributed by atoms with Crippen molar-refractivity contribution in [2.75, 3.05) is 6.54 Å². The monoisotopic (exact) mass is 557 g/mol. The molecule has 0 aliphatic heterocycles. The molecule has 8 heteroatoms. The number of nitrogens with one attached hydrogen (secondary N) is 1. The van der Waals surface area contributed by atoms with Crippen LogP contribution in [0.15, 0.2) is 107 Å². The third-order valence-corrected chi connectivity index (χ3v) is 7.21. The molecule has 6 nitrogen and oxygen atoms in total. The van der Waals surface area contributed by atoms with Crippen molar-refractivity contribution in [3.63, 3.8) is 0 Å². The molecule has 0 aliphatic carbocycles. The number of benzene rings is 4. The van der Waals surface area contributed by atoms with Crippen molar-refractivity contribution in [3.05, 3.63) is 150 Å². The van der Waals surface area contributed by atoms with Gasteiger partial charge in [0.05, 0.1) is 24.0 Å². The van der Waals surface area contributed by atoms with Gasteiger partial charge in [-0.25, -0.2) is 4.79 Å². The number of amides is 1. The van der Waals surface area contributed by atoms with E-state index in [2.05, 4.69) is 5.32 Å². The Balaban J connectivity index is 1.36. The number of halogens is 2. The number of hydrogen-bond acceptors (Lipinski definition) is 3. The van der Waals surface area contributed by atoms with Crippen LogP contribution in [0, 0.1) is 0 Å². The van der Waals surface area contributed by atoms with Crippen LogP contribution in [-0.2, 0) is 19.5 Å². The molecule has 39 heavy (non-hydrogen) atoms. The molecule has 0 unspecified atom stereocenters. The summed E-state index contributed by atoms with van der Waals surface area (Å²) in [5, 5.41) is 4.58. The molecule has 1 amide bonds. The van der Waals surface area contributed by atoms with Gasteiger partial charge >= 0.3 is 5.69 Å². The first kappa shape index (κ1) is 26.5. The molecule has 1 aromatic heterocycles. The summed E-state index contributed by atoms with van der Waals surface area (Å²) < 4.78 is 2.79. The third-order valence-electron chi connectivity index (χ3n) is 6.59. The molecule has 1 heterocycles. The molecule has 1 N–H and O–H groups in total. The van der Waals surface area contributed by atoms with E-state index in [1.54, 1.807) is 59.2 Å². The topological polar surface area (TPSA) is 73.1 Å². The van der Waals surface area contributed by atoms with E-state index in [1.165, 1.54) is 4.57 Å². The Kier molecular flexibility index (Phi) is 7.96. The fraction of sp³-hybridized carbons (Fsp3) is 0.129. The lowest BCUT2D eigenvalue weighted by atomic mass is 10.1. The van der Waals surface area contributed by atoms with Crippen LogP contribution in [0.3, 0.4) is 0 Å². The van der Waals surface area contributed by atoms with Gasteiger partial charge in [0.1, 0.15) is 0 Å². The van der Waals surface area contributed by atoms with Crippen molar-refractivity contribution in [1.82, 2.24) is 14.5 Å². The van der Waals surface area contributed by atoms with Gasteiger partial charge in [0.15, 0.2) is 0 Å². The Morgan fingerprint density at radius 2 is 1.38 bits per heavy atom. The first-order valence-corrected chi connectivity index (χ1v) is 13.2. The zero-order valence-corrected chi connectivity index (χ0v) is 22.5. The van der Waals surface area contributed by atoms with Crippen LogP contribution in [0.4, 0.5) is 0 Å². The fourth-order valence-corrected chi connectivity index (χ4v) is 4.80. The fourth-order valence-electron chi connectivity index (χ4n) is 4.48. The highest BCUT2D eigenvalue weighted by Gasteiger charge is 2.15. The van der Waals surface area contributed by atoms with Crippen molar-refractivity contribution in [1.29, 1.82) is 0 Å². The lowest BCUT2D eigenvalue weighted by molar-refractivity contribution is 0.0954. The molecule has 0 saturated carbocycles. The molecule has 0 aliphatic rings. The smallest absolute Gasteiger partial charge is 0.332 e. The summed E-state index contributed by atoms with van der Waals surface area (Å²) in [6.45, 7) is 0.789. The van der Waals surface area contributed by atoms with E-state index in [1.807, 2.05) is 42.5 Å². The van der Waals surface area contributed by atoms with Crippen LogP contribution in [0.25, 0.3) is 10.9 Å². The van der Waals surface area contributed by atoms with Crippen LogP contribution >= 0.6 is 23.2 Å². The van der Waals surface area contributed by atoms with E-state index in [0.29, 0.717) is 39.5 Å². The minimum Gasteiger partial charge on any atom is -0.352 e. The Morgan fingerprint density at radius 3 is 2.13 bits per heavy atom. The zero-order valence-electron chi connectivity index (χ0n) is 20.9. The largest absolute Gasteiger partial charge is 0.352 e. The van der Waals surface area contributed by atoms with Crippen molar-refractivity contribution < 1.29 is 4.79 Å². The third kappa shape index (κ3) is 5.98. The molecule has 0 fully saturated rings. The number of nitrogens with zero attached hydrogens (tertiary/aromatic N) is 2. The normalized spacial score (nSPS) is 11.0. The molecule has 0 radical (unpaired) electrons. The van der Waals surface area contributed by atoms with Crippen molar-refractivity contribution >= 4 is 40.0 Å². The molecule has 5 aromatic rings. The highest BCUT2D eigenvalue weighted by Crippen LogP contribution is 2.18. The molecule has 0 bridgehead atoms. The maximum absolute atomic E-state index is 13.6. The van der Waals surface area contributed by atoms with Gasteiger partial charge in [-0.1, -0.05) is 77.8 Å². The second kappa shape index (κ2) is 11.7. The number of aromatic nitrogens is 2. The molecule has 0 saturated heterocycles. The maximum Gasteiger partial charge on any atom is 0.332 e. The Morgan fingerprint density at radius 1 is 0.718 bits per heavy atom. The summed E-state index contributed by atoms with van der Waals surface area (Å²) in [5.41, 5.74) is 2.84. The van der Waals surface area contributed by atoms with Crippen molar-refractivity contribution in [3.8, 4) is 0 Å². The minimum atomic E-state index is -0.428. The highest BCUT2D eigenvalue weighted by atomic mass is 35.5. The van der Waals surface area contributed by atoms with E-state index in [0.717, 1.165) is 16.7 Å². The Bertz CT molecular complexity index is 1760. The summed E-state index contributed by atoms with van der Waals surface area (Å²) in [5.74, 6) is -0.194. The zero-order chi connectivity index (χ0) is 27.4. The van der Waals surface area contributed by atoms with E-state index >= 15 is 0 Å². The van der Waals surface area contributed by atoms with Gasteiger partial charge in [-0.2, -0.15) is 0 Å². The van der Waals surface area contributed by atoms with Crippen LogP contribution in [0.5, 0.6) is 0 Å². The summed E-state index contributed by atoms with van der Waals surface area (Å²) in [4.78, 5) is 39.5. The van der Waals surface area contributed by atoms with E-state index < -0.39 is 5.69 Å². The number of para-hydroxylation sites is 1. The Labute approximate surface area is 235 Å². The second-order valence-electron chi connectivity index (χ2n) is 9.20. The molecular formula is C31H25Cl2N3O3. The summed E-state index contributed by atoms with van der Waals surface area (Å²) in [6, 6.07) is 28.8. The predicted molar refractivity (Wildman–Crippen MR) is 156 cm³/mol. The average Bonchev–Trinajstić information content (AvgIpc) is 2.95. The van der Waals surface area contributed by atoms with E-state index in [-0.39, 0.29) is 24.6 Å². The number of carbonyl (C=O) groups excluding carboxylic acids is 1. The lowest BCUT2D eigenvalue weighted by Gasteiger charge is -2.15. The van der Waals surface area contributed by atoms with E-state index in [4.69, 9.17) is 23.2 Å². The minimum absolute atomic E-state index is 0.0729. The van der Waals surface area contributed by atoms with Gasteiger partial charge in [0.2, 0.25) is 0 Å². The molecule has 0 atom stereocenters. The number of rotatable bonds is 8. The standard InChI is InChI=1S/C31H25Cl2N3O3/c32-25-15-11-21(12-16-25)17-18-34-29(37)23-13-9-22(10-14-23)19-36-30(38)26-6-2-4-8-28(26)35(31(36)39)20-24-5-1-3-7-27(24)33/h1-16H,17-20H2,(H,34,37). The number of fused-ring (bicyclic) bond motifs is 1. The lowest BCUT2D eigenvalue weighted by Crippen LogP contribution is -2.40. The summed E-state index contributed by atoms with van der Waals surface area (Å²) in [7, 11) is 0. The molecule has 4 aromatic carbocycles. The first-order chi connectivity index (χ1) is 18.9. The summed E-state index contributed by atoms with van der Waals surface area (Å²) >= 11 is 12.3. The molecule has 0 spiro atoms. The highest BCUT2D eigenvalue weighted by molar-refractivity contribution is 6.31. The number of carbonyl (C=O) groups is 1. The molecule has 5 rings (SSSR count). The molecule has 196 valence electrons. The average molecular weight is 558 g/mol. The van der Waals surface area contributed by atoms with Crippen LogP contribution in [0.2, 0.25) is 10.0 Å². The number of hydrogen-bond donors (Lipinski definition) is 1. The first-order valence-electron chi connectivity index (χ1n) is 12.5.